The maximum Gasteiger partial charge on any atom is 0.416 e. The van der Waals surface area contributed by atoms with Crippen LogP contribution in [0.25, 0.3) is 0 Å². The largest absolute Gasteiger partial charge is 0.496 e. The van der Waals surface area contributed by atoms with Gasteiger partial charge in [0.2, 0.25) is 5.88 Å². The highest BCUT2D eigenvalue weighted by Gasteiger charge is 2.43. The van der Waals surface area contributed by atoms with Crippen LogP contribution in [0.3, 0.4) is 0 Å². The van der Waals surface area contributed by atoms with E-state index < -0.39 is 44.1 Å². The number of sulfone groups is 1. The number of aromatic nitrogens is 1. The van der Waals surface area contributed by atoms with Crippen molar-refractivity contribution in [2.75, 3.05) is 20.8 Å². The molecule has 2 aliphatic rings. The van der Waals surface area contributed by atoms with Crippen molar-refractivity contribution in [2.24, 2.45) is 5.92 Å². The third kappa shape index (κ3) is 4.49. The molecule has 1 aliphatic carbocycles. The van der Waals surface area contributed by atoms with Crippen molar-refractivity contribution in [3.05, 3.63) is 41.6 Å². The maximum atomic E-state index is 13.3. The second kappa shape index (κ2) is 8.58. The average molecular weight is 447 g/mol. The lowest BCUT2D eigenvalue weighted by Gasteiger charge is -2.34. The zero-order valence-electron chi connectivity index (χ0n) is 16.8. The van der Waals surface area contributed by atoms with Crippen molar-refractivity contribution in [3.8, 4) is 11.6 Å². The molecule has 0 radical (unpaired) electrons. The Morgan fingerprint density at radius 1 is 1.23 bits per heavy atom. The normalized spacial score (nSPS) is 27.5. The molecule has 1 aromatic rings. The monoisotopic (exact) mass is 447 g/mol. The molecule has 30 heavy (non-hydrogen) atoms. The molecule has 0 saturated carbocycles. The molecular formula is C20H24F3NO5S. The molecule has 3 rings (SSSR count). The molecule has 6 nitrogen and oxygen atoms in total. The van der Waals surface area contributed by atoms with Crippen molar-refractivity contribution in [1.29, 1.82) is 0 Å². The topological polar surface area (TPSA) is 74.7 Å². The molecule has 0 bridgehead atoms. The molecule has 1 fully saturated rings. The van der Waals surface area contributed by atoms with E-state index in [1.54, 1.807) is 13.0 Å². The predicted octanol–water partition coefficient (Wildman–Crippen LogP) is 3.80. The van der Waals surface area contributed by atoms with Crippen LogP contribution in [0.2, 0.25) is 0 Å². The lowest BCUT2D eigenvalue weighted by molar-refractivity contribution is -0.0886. The number of pyridine rings is 1. The summed E-state index contributed by atoms with van der Waals surface area (Å²) in [5.74, 6) is 0.223. The number of methoxy groups -OCH3 is 2. The van der Waals surface area contributed by atoms with Gasteiger partial charge in [0, 0.05) is 24.4 Å². The van der Waals surface area contributed by atoms with Crippen molar-refractivity contribution in [3.63, 3.8) is 0 Å². The number of allylic oxidation sites excluding steroid dienone is 3. The number of hydrogen-bond donors (Lipinski definition) is 0. The smallest absolute Gasteiger partial charge is 0.416 e. The predicted molar refractivity (Wildman–Crippen MR) is 104 cm³/mol. The minimum Gasteiger partial charge on any atom is -0.496 e. The summed E-state index contributed by atoms with van der Waals surface area (Å²) < 4.78 is 82.2. The Kier molecular flexibility index (Phi) is 6.47. The lowest BCUT2D eigenvalue weighted by Crippen LogP contribution is -2.40. The van der Waals surface area contributed by atoms with Crippen LogP contribution in [0.15, 0.2) is 36.1 Å². The van der Waals surface area contributed by atoms with Gasteiger partial charge in [0.25, 0.3) is 0 Å². The van der Waals surface area contributed by atoms with E-state index in [9.17, 15) is 21.6 Å². The molecule has 4 unspecified atom stereocenters. The van der Waals surface area contributed by atoms with Gasteiger partial charge in [-0.25, -0.2) is 13.4 Å². The molecule has 1 saturated heterocycles. The van der Waals surface area contributed by atoms with Crippen LogP contribution in [0.4, 0.5) is 13.2 Å². The van der Waals surface area contributed by atoms with Gasteiger partial charge in [-0.1, -0.05) is 25.2 Å². The third-order valence-corrected chi connectivity index (χ3v) is 8.18. The fraction of sp³-hybridized carbons (Fsp3) is 0.550. The molecule has 0 spiro atoms. The summed E-state index contributed by atoms with van der Waals surface area (Å²) in [7, 11) is -0.965. The van der Waals surface area contributed by atoms with Crippen molar-refractivity contribution in [2.45, 2.75) is 42.5 Å². The van der Waals surface area contributed by atoms with Gasteiger partial charge in [0.15, 0.2) is 9.84 Å². The van der Waals surface area contributed by atoms with E-state index in [4.69, 9.17) is 14.2 Å². The molecule has 0 aromatic carbocycles. The van der Waals surface area contributed by atoms with E-state index in [1.165, 1.54) is 26.5 Å². The van der Waals surface area contributed by atoms with E-state index in [-0.39, 0.29) is 19.4 Å². The number of nitrogens with zero attached hydrogens (tertiary/aromatic N) is 1. The number of ether oxygens (including phenoxy) is 3. The average Bonchev–Trinajstić information content (AvgIpc) is 2.72. The highest BCUT2D eigenvalue weighted by Crippen LogP contribution is 2.40. The van der Waals surface area contributed by atoms with Gasteiger partial charge in [-0.15, -0.1) is 0 Å². The minimum absolute atomic E-state index is 0.106. The fourth-order valence-electron chi connectivity index (χ4n) is 3.80. The zero-order valence-corrected chi connectivity index (χ0v) is 17.7. The first-order chi connectivity index (χ1) is 14.1. The summed E-state index contributed by atoms with van der Waals surface area (Å²) in [4.78, 5) is 4.13. The van der Waals surface area contributed by atoms with E-state index in [1.807, 2.05) is 0 Å². The Morgan fingerprint density at radius 3 is 2.60 bits per heavy atom. The van der Waals surface area contributed by atoms with Crippen molar-refractivity contribution < 1.29 is 35.8 Å². The van der Waals surface area contributed by atoms with Crippen LogP contribution in [-0.2, 0) is 14.6 Å². The number of alkyl halides is 3. The quantitative estimate of drug-likeness (QED) is 0.684. The van der Waals surface area contributed by atoms with Crippen LogP contribution < -0.4 is 9.47 Å². The van der Waals surface area contributed by atoms with E-state index in [0.717, 1.165) is 12.2 Å². The summed E-state index contributed by atoms with van der Waals surface area (Å²) >= 11 is 0. The number of halogens is 3. The van der Waals surface area contributed by atoms with E-state index in [0.29, 0.717) is 17.2 Å². The van der Waals surface area contributed by atoms with Crippen molar-refractivity contribution in [1.82, 2.24) is 4.98 Å². The Morgan fingerprint density at radius 2 is 1.97 bits per heavy atom. The second-order valence-corrected chi connectivity index (χ2v) is 9.76. The molecule has 1 aromatic heterocycles. The van der Waals surface area contributed by atoms with E-state index >= 15 is 0 Å². The van der Waals surface area contributed by atoms with Crippen LogP contribution >= 0.6 is 0 Å². The van der Waals surface area contributed by atoms with Gasteiger partial charge in [-0.3, -0.25) is 0 Å². The third-order valence-electron chi connectivity index (χ3n) is 5.49. The Balaban J connectivity index is 1.87. The van der Waals surface area contributed by atoms with Gasteiger partial charge in [-0.05, 0) is 18.8 Å². The Hall–Kier alpha value is -2.07. The molecule has 10 heteroatoms. The molecule has 0 N–H and O–H groups in total. The van der Waals surface area contributed by atoms with Gasteiger partial charge in [0.1, 0.15) is 5.75 Å². The first-order valence-corrected chi connectivity index (χ1v) is 11.1. The summed E-state index contributed by atoms with van der Waals surface area (Å²) in [6.45, 7) is 1.77. The standard InChI is InChI=1S/C20H24F3NO5S/c1-12-4-5-13(20(21,22)23)8-18(12)30(25,26)14-6-7-29-17(9-14)15-11-24-19(28-3)10-16(15)27-2/h4-5,8,10-12,14,17-18H,6-7,9H2,1-3H3. The SMILES string of the molecule is COc1cc(OC)c(C2CC(S(=O)(=O)C3C=C(C(F)(F)F)C=CC3C)CCO2)cn1. The summed E-state index contributed by atoms with van der Waals surface area (Å²) in [6.07, 6.45) is -0.292. The van der Waals surface area contributed by atoms with Gasteiger partial charge < -0.3 is 14.2 Å². The zero-order chi connectivity index (χ0) is 22.1. The van der Waals surface area contributed by atoms with Crippen LogP contribution in [-0.4, -0.2) is 50.9 Å². The van der Waals surface area contributed by atoms with Gasteiger partial charge in [0.05, 0.1) is 36.4 Å². The molecular weight excluding hydrogens is 423 g/mol. The van der Waals surface area contributed by atoms with Crippen LogP contribution in [0.5, 0.6) is 11.6 Å². The number of rotatable bonds is 5. The summed E-state index contributed by atoms with van der Waals surface area (Å²) in [5, 5.41) is -2.08. The summed E-state index contributed by atoms with van der Waals surface area (Å²) in [6, 6.07) is 1.57. The van der Waals surface area contributed by atoms with Crippen LogP contribution in [0.1, 0.15) is 31.4 Å². The van der Waals surface area contributed by atoms with Crippen molar-refractivity contribution >= 4 is 9.84 Å². The molecule has 166 valence electrons. The fourth-order valence-corrected chi connectivity index (χ4v) is 6.13. The molecule has 1 aliphatic heterocycles. The molecule has 4 atom stereocenters. The minimum atomic E-state index is -4.59. The highest BCUT2D eigenvalue weighted by atomic mass is 32.2. The van der Waals surface area contributed by atoms with E-state index in [2.05, 4.69) is 4.98 Å². The summed E-state index contributed by atoms with van der Waals surface area (Å²) in [5.41, 5.74) is -0.361. The maximum absolute atomic E-state index is 13.3. The second-order valence-electron chi connectivity index (χ2n) is 7.37. The highest BCUT2D eigenvalue weighted by molar-refractivity contribution is 7.92. The first kappa shape index (κ1) is 22.6. The van der Waals surface area contributed by atoms with Gasteiger partial charge >= 0.3 is 6.18 Å². The van der Waals surface area contributed by atoms with Crippen LogP contribution in [0, 0.1) is 5.92 Å². The number of hydrogen-bond acceptors (Lipinski definition) is 6. The molecule has 0 amide bonds. The molecule has 2 heterocycles. The lowest BCUT2D eigenvalue weighted by atomic mass is 9.97. The Labute approximate surface area is 173 Å². The Bertz CT molecular complexity index is 942. The van der Waals surface area contributed by atoms with Gasteiger partial charge in [-0.2, -0.15) is 13.2 Å². The first-order valence-electron chi connectivity index (χ1n) is 9.47.